The molecule has 19 heavy (non-hydrogen) atoms. The first-order chi connectivity index (χ1) is 9.11. The van der Waals surface area contributed by atoms with Gasteiger partial charge in [-0.1, -0.05) is 44.7 Å². The maximum atomic E-state index is 13.3. The van der Waals surface area contributed by atoms with Crippen LogP contribution in [0.25, 0.3) is 0 Å². The van der Waals surface area contributed by atoms with Crippen molar-refractivity contribution in [2.24, 2.45) is 11.8 Å². The smallest absolute Gasteiger partial charge is 0.126 e. The molecule has 0 radical (unpaired) electrons. The number of benzene rings is 1. The highest BCUT2D eigenvalue weighted by molar-refractivity contribution is 5.26. The van der Waals surface area contributed by atoms with Crippen LogP contribution in [0.4, 0.5) is 4.39 Å². The molecule has 0 aromatic heterocycles. The fourth-order valence-electron chi connectivity index (χ4n) is 3.32. The molecule has 0 amide bonds. The van der Waals surface area contributed by atoms with Crippen molar-refractivity contribution in [3.63, 3.8) is 0 Å². The Kier molecular flexibility index (Phi) is 4.98. The number of hydrogen-bond donors (Lipinski definition) is 1. The first-order valence-corrected chi connectivity index (χ1v) is 7.56. The highest BCUT2D eigenvalue weighted by Crippen LogP contribution is 2.38. The normalized spacial score (nSPS) is 25.3. The van der Waals surface area contributed by atoms with Crippen LogP contribution in [0, 0.1) is 24.6 Å². The molecule has 0 saturated heterocycles. The fourth-order valence-corrected chi connectivity index (χ4v) is 3.32. The Balaban J connectivity index is 1.97. The molecule has 106 valence electrons. The number of aryl methyl sites for hydroxylation is 1. The molecule has 0 heterocycles. The molecule has 1 aromatic rings. The average molecular weight is 264 g/mol. The van der Waals surface area contributed by atoms with Gasteiger partial charge in [0.2, 0.25) is 0 Å². The number of aliphatic hydroxyl groups excluding tert-OH is 1. The van der Waals surface area contributed by atoms with Crippen LogP contribution in [-0.4, -0.2) is 5.11 Å². The zero-order valence-corrected chi connectivity index (χ0v) is 12.0. The predicted octanol–water partition coefficient (Wildman–Crippen LogP) is 4.77. The Hall–Kier alpha value is -0.890. The van der Waals surface area contributed by atoms with Crippen LogP contribution in [0.1, 0.15) is 62.7 Å². The minimum absolute atomic E-state index is 0.192. The molecule has 2 heteroatoms. The molecule has 1 N–H and O–H groups in total. The summed E-state index contributed by atoms with van der Waals surface area (Å²) in [4.78, 5) is 0. The Labute approximate surface area is 115 Å². The van der Waals surface area contributed by atoms with Crippen molar-refractivity contribution >= 4 is 0 Å². The molecule has 1 fully saturated rings. The van der Waals surface area contributed by atoms with E-state index in [4.69, 9.17) is 0 Å². The van der Waals surface area contributed by atoms with Crippen molar-refractivity contribution in [2.45, 2.75) is 58.5 Å². The van der Waals surface area contributed by atoms with Crippen molar-refractivity contribution in [3.8, 4) is 0 Å². The monoisotopic (exact) mass is 264 g/mol. The summed E-state index contributed by atoms with van der Waals surface area (Å²) in [5.74, 6) is 1.00. The SMILES string of the molecule is CCCC1CCC(C(O)c2ccc(F)c(C)c2)CC1. The van der Waals surface area contributed by atoms with Gasteiger partial charge in [0, 0.05) is 0 Å². The minimum Gasteiger partial charge on any atom is -0.388 e. The molecule has 1 unspecified atom stereocenters. The first kappa shape index (κ1) is 14.5. The van der Waals surface area contributed by atoms with E-state index in [0.29, 0.717) is 11.5 Å². The third-order valence-corrected chi connectivity index (χ3v) is 4.56. The third-order valence-electron chi connectivity index (χ3n) is 4.56. The van der Waals surface area contributed by atoms with Crippen molar-refractivity contribution in [1.82, 2.24) is 0 Å². The highest BCUT2D eigenvalue weighted by Gasteiger charge is 2.27. The van der Waals surface area contributed by atoms with Crippen LogP contribution in [0.2, 0.25) is 0 Å². The molecule has 1 aliphatic carbocycles. The predicted molar refractivity (Wildman–Crippen MR) is 76.5 cm³/mol. The van der Waals surface area contributed by atoms with Crippen molar-refractivity contribution in [2.75, 3.05) is 0 Å². The second-order valence-corrected chi connectivity index (χ2v) is 6.02. The molecule has 1 atom stereocenters. The summed E-state index contributed by atoms with van der Waals surface area (Å²) < 4.78 is 13.3. The van der Waals surface area contributed by atoms with Gasteiger partial charge in [0.25, 0.3) is 0 Å². The quantitative estimate of drug-likeness (QED) is 0.830. The molecule has 1 aliphatic rings. The van der Waals surface area contributed by atoms with Crippen LogP contribution in [0.3, 0.4) is 0 Å². The van der Waals surface area contributed by atoms with Gasteiger partial charge in [-0.2, -0.15) is 0 Å². The molecule has 2 rings (SSSR count). The van der Waals surface area contributed by atoms with Crippen LogP contribution in [0.5, 0.6) is 0 Å². The summed E-state index contributed by atoms with van der Waals surface area (Å²) in [5.41, 5.74) is 1.49. The lowest BCUT2D eigenvalue weighted by Gasteiger charge is -2.31. The number of hydrogen-bond acceptors (Lipinski definition) is 1. The zero-order chi connectivity index (χ0) is 13.8. The lowest BCUT2D eigenvalue weighted by molar-refractivity contribution is 0.0721. The number of rotatable bonds is 4. The van der Waals surface area contributed by atoms with Gasteiger partial charge in [0.1, 0.15) is 5.82 Å². The Bertz CT molecular complexity index is 408. The Morgan fingerprint density at radius 3 is 2.53 bits per heavy atom. The molecule has 0 spiro atoms. The largest absolute Gasteiger partial charge is 0.388 e. The molecule has 0 bridgehead atoms. The van der Waals surface area contributed by atoms with E-state index in [1.54, 1.807) is 19.1 Å². The van der Waals surface area contributed by atoms with E-state index >= 15 is 0 Å². The van der Waals surface area contributed by atoms with E-state index in [-0.39, 0.29) is 5.82 Å². The first-order valence-electron chi connectivity index (χ1n) is 7.56. The summed E-state index contributed by atoms with van der Waals surface area (Å²) in [6.07, 6.45) is 6.81. The second-order valence-electron chi connectivity index (χ2n) is 6.02. The van der Waals surface area contributed by atoms with E-state index in [1.807, 2.05) is 0 Å². The topological polar surface area (TPSA) is 20.2 Å². The lowest BCUT2D eigenvalue weighted by atomic mass is 9.76. The van der Waals surface area contributed by atoms with E-state index < -0.39 is 6.10 Å². The molecular weight excluding hydrogens is 239 g/mol. The van der Waals surface area contributed by atoms with Gasteiger partial charge in [0.15, 0.2) is 0 Å². The van der Waals surface area contributed by atoms with Gasteiger partial charge in [-0.05, 0) is 48.8 Å². The maximum Gasteiger partial charge on any atom is 0.126 e. The number of halogens is 1. The van der Waals surface area contributed by atoms with Gasteiger partial charge in [-0.3, -0.25) is 0 Å². The zero-order valence-electron chi connectivity index (χ0n) is 12.0. The van der Waals surface area contributed by atoms with Gasteiger partial charge < -0.3 is 5.11 Å². The summed E-state index contributed by atoms with van der Waals surface area (Å²) in [7, 11) is 0. The Morgan fingerprint density at radius 2 is 1.95 bits per heavy atom. The van der Waals surface area contributed by atoms with E-state index in [1.165, 1.54) is 31.7 Å². The maximum absolute atomic E-state index is 13.3. The van der Waals surface area contributed by atoms with Crippen LogP contribution >= 0.6 is 0 Å². The van der Waals surface area contributed by atoms with Gasteiger partial charge in [-0.25, -0.2) is 4.39 Å². The van der Waals surface area contributed by atoms with Gasteiger partial charge >= 0.3 is 0 Å². The summed E-state index contributed by atoms with van der Waals surface area (Å²) >= 11 is 0. The van der Waals surface area contributed by atoms with E-state index in [9.17, 15) is 9.50 Å². The van der Waals surface area contributed by atoms with Crippen molar-refractivity contribution < 1.29 is 9.50 Å². The molecule has 1 aromatic carbocycles. The second kappa shape index (κ2) is 6.51. The summed E-state index contributed by atoms with van der Waals surface area (Å²) in [6, 6.07) is 4.99. The van der Waals surface area contributed by atoms with Crippen LogP contribution in [0.15, 0.2) is 18.2 Å². The Morgan fingerprint density at radius 1 is 1.26 bits per heavy atom. The van der Waals surface area contributed by atoms with Gasteiger partial charge in [0.05, 0.1) is 6.10 Å². The average Bonchev–Trinajstić information content (AvgIpc) is 2.42. The summed E-state index contributed by atoms with van der Waals surface area (Å²) in [6.45, 7) is 3.99. The minimum atomic E-state index is -0.429. The molecular formula is C17H25FO. The summed E-state index contributed by atoms with van der Waals surface area (Å²) in [5, 5.41) is 10.5. The standard InChI is InChI=1S/C17H25FO/c1-3-4-13-5-7-14(8-6-13)17(19)15-9-10-16(18)12(2)11-15/h9-11,13-14,17,19H,3-8H2,1-2H3. The molecule has 1 nitrogen and oxygen atoms in total. The van der Waals surface area contributed by atoms with Crippen LogP contribution in [-0.2, 0) is 0 Å². The van der Waals surface area contributed by atoms with E-state index in [0.717, 1.165) is 24.3 Å². The number of aliphatic hydroxyl groups is 1. The molecule has 1 saturated carbocycles. The molecule has 0 aliphatic heterocycles. The van der Waals surface area contributed by atoms with E-state index in [2.05, 4.69) is 6.92 Å². The lowest BCUT2D eigenvalue weighted by Crippen LogP contribution is -2.20. The van der Waals surface area contributed by atoms with Crippen molar-refractivity contribution in [3.05, 3.63) is 35.1 Å². The highest BCUT2D eigenvalue weighted by atomic mass is 19.1. The fraction of sp³-hybridized carbons (Fsp3) is 0.647. The van der Waals surface area contributed by atoms with Gasteiger partial charge in [-0.15, -0.1) is 0 Å². The van der Waals surface area contributed by atoms with Crippen LogP contribution < -0.4 is 0 Å². The van der Waals surface area contributed by atoms with Crippen molar-refractivity contribution in [1.29, 1.82) is 0 Å². The third kappa shape index (κ3) is 3.56.